The van der Waals surface area contributed by atoms with Crippen molar-refractivity contribution in [1.82, 2.24) is 0 Å². The standard InChI is InChI=1S/C45H72O18/c1-19-8-13-44(56-18-19)21(3)45(55)29(63-44)15-26-24-7-6-22-14-23(9-11-42(22,4)25(24)10-12-43(26,45)5)58-41-38(62-39-34(52)32(50)30(48)20(2)57-39)36(54)37(28(17-47)60-41)61-40-35(53)33(51)31(49)27(16-46)59-40/h6,19-21,23-41,46-55H,7-18H2,1-5H3/t19-,20+,21-,23+,24-,25+,26+,27-,28-,29+,30+,31-,32-,33+,34-,35-,36+,37-,38-,39+,40+,41-,42+,43+,44-,45-/m1/s1. The van der Waals surface area contributed by atoms with Gasteiger partial charge in [-0.25, -0.2) is 0 Å². The lowest BCUT2D eigenvalue weighted by Gasteiger charge is -2.60. The number of hydrogen-bond donors (Lipinski definition) is 10. The van der Waals surface area contributed by atoms with E-state index in [0.29, 0.717) is 37.2 Å². The Kier molecular flexibility index (Phi) is 12.9. The smallest absolute Gasteiger partial charge is 0.187 e. The van der Waals surface area contributed by atoms with Gasteiger partial charge in [0.15, 0.2) is 24.7 Å². The summed E-state index contributed by atoms with van der Waals surface area (Å²) in [5.41, 5.74) is -0.168. The van der Waals surface area contributed by atoms with Crippen molar-refractivity contribution < 1.29 is 89.0 Å². The number of aliphatic hydroxyl groups excluding tert-OH is 9. The molecule has 5 saturated heterocycles. The quantitative estimate of drug-likeness (QED) is 0.135. The van der Waals surface area contributed by atoms with Gasteiger partial charge in [-0.15, -0.1) is 0 Å². The largest absolute Gasteiger partial charge is 0.394 e. The molecule has 0 radical (unpaired) electrons. The average molecular weight is 901 g/mol. The molecule has 0 unspecified atom stereocenters. The van der Waals surface area contributed by atoms with E-state index in [1.54, 1.807) is 0 Å². The van der Waals surface area contributed by atoms with Gasteiger partial charge in [-0.05, 0) is 87.4 Å². The molecule has 9 rings (SSSR count). The summed E-state index contributed by atoms with van der Waals surface area (Å²) in [4.78, 5) is 0. The van der Waals surface area contributed by atoms with Crippen LogP contribution in [0.3, 0.4) is 0 Å². The molecule has 18 heteroatoms. The first-order valence-electron chi connectivity index (χ1n) is 23.5. The predicted molar refractivity (Wildman–Crippen MR) is 216 cm³/mol. The number of rotatable bonds is 8. The molecule has 26 atom stereocenters. The highest BCUT2D eigenvalue weighted by Crippen LogP contribution is 2.72. The molecule has 3 saturated carbocycles. The molecule has 63 heavy (non-hydrogen) atoms. The van der Waals surface area contributed by atoms with Crippen LogP contribution in [0.25, 0.3) is 0 Å². The van der Waals surface area contributed by atoms with Crippen molar-refractivity contribution in [2.75, 3.05) is 19.8 Å². The number of ether oxygens (including phenoxy) is 8. The number of fused-ring (bicyclic) bond motifs is 7. The zero-order valence-corrected chi connectivity index (χ0v) is 37.0. The van der Waals surface area contributed by atoms with Gasteiger partial charge in [0.2, 0.25) is 0 Å². The second-order valence-corrected chi connectivity index (χ2v) is 21.2. The Morgan fingerprint density at radius 2 is 1.35 bits per heavy atom. The van der Waals surface area contributed by atoms with Gasteiger partial charge < -0.3 is 89.0 Å². The van der Waals surface area contributed by atoms with Crippen LogP contribution in [0.15, 0.2) is 11.6 Å². The summed E-state index contributed by atoms with van der Waals surface area (Å²) < 4.78 is 49.6. The molecular weight excluding hydrogens is 828 g/mol. The van der Waals surface area contributed by atoms with Gasteiger partial charge in [0, 0.05) is 17.8 Å². The van der Waals surface area contributed by atoms with Crippen molar-refractivity contribution in [3.05, 3.63) is 11.6 Å². The molecule has 0 aromatic rings. The summed E-state index contributed by atoms with van der Waals surface area (Å²) >= 11 is 0. The van der Waals surface area contributed by atoms with Crippen LogP contribution in [-0.4, -0.2) is 187 Å². The Labute approximate surface area is 368 Å². The zero-order valence-electron chi connectivity index (χ0n) is 37.0. The van der Waals surface area contributed by atoms with Crippen LogP contribution in [0.2, 0.25) is 0 Å². The molecule has 18 nitrogen and oxygen atoms in total. The van der Waals surface area contributed by atoms with Gasteiger partial charge in [-0.3, -0.25) is 0 Å². The molecule has 1 spiro atoms. The average Bonchev–Trinajstić information content (AvgIpc) is 3.62. The predicted octanol–water partition coefficient (Wildman–Crippen LogP) is -0.671. The lowest BCUT2D eigenvalue weighted by molar-refractivity contribution is -0.389. The fourth-order valence-corrected chi connectivity index (χ4v) is 14.0. The summed E-state index contributed by atoms with van der Waals surface area (Å²) in [6, 6.07) is 0. The fraction of sp³-hybridized carbons (Fsp3) is 0.956. The summed E-state index contributed by atoms with van der Waals surface area (Å²) in [6.45, 7) is 9.66. The summed E-state index contributed by atoms with van der Waals surface area (Å²) in [5, 5.41) is 109. The lowest BCUT2D eigenvalue weighted by atomic mass is 9.46. The molecule has 5 heterocycles. The molecule has 0 aromatic carbocycles. The molecular formula is C45H72O18. The Morgan fingerprint density at radius 1 is 0.683 bits per heavy atom. The van der Waals surface area contributed by atoms with Crippen LogP contribution in [0.4, 0.5) is 0 Å². The van der Waals surface area contributed by atoms with Crippen LogP contribution in [0.1, 0.15) is 92.4 Å². The molecule has 8 fully saturated rings. The van der Waals surface area contributed by atoms with Crippen molar-refractivity contribution in [2.24, 2.45) is 40.4 Å². The van der Waals surface area contributed by atoms with Crippen molar-refractivity contribution in [3.8, 4) is 0 Å². The molecule has 10 N–H and O–H groups in total. The Bertz CT molecular complexity index is 1660. The van der Waals surface area contributed by atoms with Gasteiger partial charge in [0.25, 0.3) is 0 Å². The SMILES string of the molecule is C[C@@H]1CC[C@@]2(OC1)O[C@H]1C[C@H]3[C@@H]4CC=C5C[C@@H](O[C@@H]6O[C@H](CO)[C@@H](O[C@@H]7O[C@H](CO)[C@@H](O)[C@H](O)[C@H]7O)[C@H](O)[C@H]6O[C@@H]6O[C@@H](C)[C@H](O)[C@@H](O)[C@H]6O)CC[C@]5(C)[C@H]4CC[C@]3(C)[C@@]1(O)[C@@H]2C. The Morgan fingerprint density at radius 3 is 2.03 bits per heavy atom. The van der Waals surface area contributed by atoms with Crippen LogP contribution in [0.5, 0.6) is 0 Å². The minimum atomic E-state index is -1.83. The minimum absolute atomic E-state index is 0.130. The van der Waals surface area contributed by atoms with Crippen molar-refractivity contribution >= 4 is 0 Å². The highest BCUT2D eigenvalue weighted by atomic mass is 16.8. The topological polar surface area (TPSA) is 276 Å². The second-order valence-electron chi connectivity index (χ2n) is 21.2. The monoisotopic (exact) mass is 900 g/mol. The van der Waals surface area contributed by atoms with Crippen molar-refractivity contribution in [2.45, 2.75) is 208 Å². The van der Waals surface area contributed by atoms with Gasteiger partial charge in [0.1, 0.15) is 72.7 Å². The molecule has 0 amide bonds. The number of allylic oxidation sites excluding steroid dienone is 1. The summed E-state index contributed by atoms with van der Waals surface area (Å²) in [6.07, 6.45) is -14.2. The van der Waals surface area contributed by atoms with E-state index < -0.39 is 123 Å². The lowest BCUT2D eigenvalue weighted by Crippen LogP contribution is -2.67. The first-order chi connectivity index (χ1) is 29.8. The van der Waals surface area contributed by atoms with Gasteiger partial charge in [0.05, 0.1) is 38.1 Å². The highest BCUT2D eigenvalue weighted by Gasteiger charge is 2.76. The minimum Gasteiger partial charge on any atom is -0.394 e. The Hall–Kier alpha value is -0.980. The van der Waals surface area contributed by atoms with E-state index >= 15 is 0 Å². The van der Waals surface area contributed by atoms with Crippen LogP contribution in [-0.2, 0) is 37.9 Å². The molecule has 360 valence electrons. The molecule has 4 aliphatic carbocycles. The normalized spacial score (nSPS) is 58.1. The highest BCUT2D eigenvalue weighted by molar-refractivity contribution is 5.29. The van der Waals surface area contributed by atoms with Crippen molar-refractivity contribution in [3.63, 3.8) is 0 Å². The van der Waals surface area contributed by atoms with E-state index in [1.165, 1.54) is 12.5 Å². The van der Waals surface area contributed by atoms with Gasteiger partial charge in [-0.2, -0.15) is 0 Å². The Balaban J connectivity index is 0.926. The maximum atomic E-state index is 12.8. The van der Waals surface area contributed by atoms with Crippen LogP contribution >= 0.6 is 0 Å². The van der Waals surface area contributed by atoms with E-state index in [1.807, 2.05) is 0 Å². The molecule has 0 bridgehead atoms. The first-order valence-corrected chi connectivity index (χ1v) is 23.5. The third kappa shape index (κ3) is 7.35. The number of hydrogen-bond acceptors (Lipinski definition) is 18. The van der Waals surface area contributed by atoms with E-state index in [4.69, 9.17) is 37.9 Å². The van der Waals surface area contributed by atoms with E-state index in [-0.39, 0.29) is 28.8 Å². The fourth-order valence-electron chi connectivity index (χ4n) is 14.0. The molecule has 5 aliphatic heterocycles. The van der Waals surface area contributed by atoms with Crippen molar-refractivity contribution in [1.29, 1.82) is 0 Å². The maximum absolute atomic E-state index is 12.8. The van der Waals surface area contributed by atoms with Crippen LogP contribution in [0, 0.1) is 40.4 Å². The third-order valence-corrected chi connectivity index (χ3v) is 17.9. The summed E-state index contributed by atoms with van der Waals surface area (Å²) in [5.74, 6) is 0.616. The second kappa shape index (κ2) is 17.2. The van der Waals surface area contributed by atoms with E-state index in [2.05, 4.69) is 33.8 Å². The zero-order chi connectivity index (χ0) is 45.1. The van der Waals surface area contributed by atoms with Gasteiger partial charge >= 0.3 is 0 Å². The van der Waals surface area contributed by atoms with Crippen LogP contribution < -0.4 is 0 Å². The van der Waals surface area contributed by atoms with E-state index in [9.17, 15) is 51.1 Å². The summed E-state index contributed by atoms with van der Waals surface area (Å²) in [7, 11) is 0. The maximum Gasteiger partial charge on any atom is 0.187 e. The molecule has 0 aromatic heterocycles. The first kappa shape index (κ1) is 47.1. The number of aliphatic hydroxyl groups is 10. The van der Waals surface area contributed by atoms with Gasteiger partial charge in [-0.1, -0.05) is 39.3 Å². The third-order valence-electron chi connectivity index (χ3n) is 17.9. The molecule has 9 aliphatic rings. The van der Waals surface area contributed by atoms with E-state index in [0.717, 1.165) is 44.9 Å².